The van der Waals surface area contributed by atoms with E-state index in [-0.39, 0.29) is 17.7 Å². The van der Waals surface area contributed by atoms with Crippen molar-refractivity contribution in [1.82, 2.24) is 9.66 Å². The van der Waals surface area contributed by atoms with E-state index in [1.54, 1.807) is 60.8 Å². The first kappa shape index (κ1) is 22.0. The number of rotatable bonds is 5. The van der Waals surface area contributed by atoms with Gasteiger partial charge in [-0.05, 0) is 60.7 Å². The predicted molar refractivity (Wildman–Crippen MR) is 126 cm³/mol. The highest BCUT2D eigenvalue weighted by Crippen LogP contribution is 2.23. The first-order valence-corrected chi connectivity index (χ1v) is 10.4. The molecule has 0 radical (unpaired) electrons. The molecule has 0 spiro atoms. The molecule has 0 fully saturated rings. The Morgan fingerprint density at radius 2 is 1.66 bits per heavy atom. The van der Waals surface area contributed by atoms with Gasteiger partial charge in [0, 0.05) is 26.7 Å². The van der Waals surface area contributed by atoms with Crippen molar-refractivity contribution >= 4 is 52.9 Å². The number of halogens is 4. The molecule has 0 aliphatic heterocycles. The second-order valence-electron chi connectivity index (χ2n) is 6.67. The predicted octanol–water partition coefficient (Wildman–Crippen LogP) is 6.78. The summed E-state index contributed by atoms with van der Waals surface area (Å²) in [6.45, 7) is 0. The van der Waals surface area contributed by atoms with E-state index in [0.717, 1.165) is 0 Å². The van der Waals surface area contributed by atoms with E-state index in [0.29, 0.717) is 37.5 Å². The van der Waals surface area contributed by atoms with Gasteiger partial charge in [0.05, 0.1) is 23.1 Å². The van der Waals surface area contributed by atoms with Gasteiger partial charge in [-0.2, -0.15) is 5.10 Å². The average Bonchev–Trinajstić information content (AvgIpc) is 3.16. The molecule has 3 aromatic carbocycles. The summed E-state index contributed by atoms with van der Waals surface area (Å²) in [5.41, 5.74) is 2.18. The molecule has 4 rings (SSSR count). The Morgan fingerprint density at radius 1 is 0.969 bits per heavy atom. The molecular weight excluding hydrogens is 474 g/mol. The highest BCUT2D eigenvalue weighted by molar-refractivity contribution is 6.36. The Balaban J connectivity index is 1.69. The maximum absolute atomic E-state index is 13.3. The van der Waals surface area contributed by atoms with Crippen LogP contribution < -0.4 is 5.32 Å². The van der Waals surface area contributed by atoms with Gasteiger partial charge in [0.25, 0.3) is 5.91 Å². The third kappa shape index (κ3) is 5.16. The molecule has 5 nitrogen and oxygen atoms in total. The molecule has 0 saturated heterocycles. The van der Waals surface area contributed by atoms with Gasteiger partial charge in [-0.15, -0.1) is 0 Å². The number of hydrogen-bond donors (Lipinski definition) is 1. The van der Waals surface area contributed by atoms with E-state index < -0.39 is 0 Å². The fourth-order valence-electron chi connectivity index (χ4n) is 2.81. The van der Waals surface area contributed by atoms with Gasteiger partial charge in [-0.1, -0.05) is 40.9 Å². The molecule has 160 valence electrons. The number of hydrogen-bond acceptors (Lipinski definition) is 3. The molecule has 0 saturated carbocycles. The van der Waals surface area contributed by atoms with Crippen LogP contribution in [0.3, 0.4) is 0 Å². The van der Waals surface area contributed by atoms with Crippen molar-refractivity contribution in [3.8, 4) is 11.3 Å². The second kappa shape index (κ2) is 9.53. The summed E-state index contributed by atoms with van der Waals surface area (Å²) in [6, 6.07) is 17.3. The number of carbonyl (C=O) groups excluding carboxylic acids is 1. The quantitative estimate of drug-likeness (QED) is 0.315. The van der Waals surface area contributed by atoms with Crippen molar-refractivity contribution in [2.75, 3.05) is 5.32 Å². The van der Waals surface area contributed by atoms with E-state index in [1.165, 1.54) is 23.0 Å². The van der Waals surface area contributed by atoms with E-state index >= 15 is 0 Å². The first-order chi connectivity index (χ1) is 15.4. The number of nitrogens with one attached hydrogen (secondary N) is 1. The minimum absolute atomic E-state index is 0.172. The fraction of sp³-hybridized carbons (Fsp3) is 0. The number of aromatic nitrogens is 2. The molecule has 4 aromatic rings. The lowest BCUT2D eigenvalue weighted by Crippen LogP contribution is -2.14. The van der Waals surface area contributed by atoms with Crippen molar-refractivity contribution in [1.29, 1.82) is 0 Å². The van der Waals surface area contributed by atoms with Crippen LogP contribution in [0.15, 0.2) is 78.0 Å². The number of amides is 1. The highest BCUT2D eigenvalue weighted by atomic mass is 35.5. The van der Waals surface area contributed by atoms with Crippen molar-refractivity contribution < 1.29 is 9.18 Å². The zero-order valence-corrected chi connectivity index (χ0v) is 18.5. The Bertz CT molecular complexity index is 1300. The molecule has 0 aliphatic rings. The molecule has 1 N–H and O–H groups in total. The molecule has 1 heterocycles. The van der Waals surface area contributed by atoms with Crippen LogP contribution >= 0.6 is 34.8 Å². The summed E-state index contributed by atoms with van der Waals surface area (Å²) >= 11 is 18.0. The van der Waals surface area contributed by atoms with Gasteiger partial charge in [-0.3, -0.25) is 10.1 Å². The minimum atomic E-state index is -0.390. The van der Waals surface area contributed by atoms with Crippen LogP contribution in [-0.2, 0) is 0 Å². The van der Waals surface area contributed by atoms with E-state index in [2.05, 4.69) is 15.4 Å². The molecule has 0 atom stereocenters. The summed E-state index contributed by atoms with van der Waals surface area (Å²) < 4.78 is 14.7. The Labute approximate surface area is 198 Å². The van der Waals surface area contributed by atoms with Gasteiger partial charge in [-0.25, -0.2) is 14.1 Å². The Kier molecular flexibility index (Phi) is 6.55. The number of benzene rings is 3. The molecule has 1 aromatic heterocycles. The molecule has 0 bridgehead atoms. The van der Waals surface area contributed by atoms with Crippen molar-refractivity contribution in [2.45, 2.75) is 0 Å². The molecule has 0 unspecified atom stereocenters. The summed E-state index contributed by atoms with van der Waals surface area (Å²) in [5.74, 6) is -0.579. The SMILES string of the molecule is O=C(Nc1nc(-c2ccc(F)cc2)cn1/N=C/c1ccc(Cl)cc1Cl)c1ccc(Cl)cc1. The molecule has 9 heteroatoms. The monoisotopic (exact) mass is 486 g/mol. The maximum atomic E-state index is 13.3. The average molecular weight is 488 g/mol. The van der Waals surface area contributed by atoms with Gasteiger partial charge in [0.1, 0.15) is 5.82 Å². The number of anilines is 1. The summed E-state index contributed by atoms with van der Waals surface area (Å²) in [6.07, 6.45) is 3.14. The largest absolute Gasteiger partial charge is 0.290 e. The van der Waals surface area contributed by atoms with E-state index in [9.17, 15) is 9.18 Å². The third-order valence-corrected chi connectivity index (χ3v) is 5.26. The summed E-state index contributed by atoms with van der Waals surface area (Å²) in [7, 11) is 0. The van der Waals surface area contributed by atoms with E-state index in [4.69, 9.17) is 34.8 Å². The van der Waals surface area contributed by atoms with Crippen molar-refractivity contribution in [3.05, 3.63) is 105 Å². The van der Waals surface area contributed by atoms with Crippen LogP contribution in [0.4, 0.5) is 10.3 Å². The van der Waals surface area contributed by atoms with Crippen LogP contribution in [0.5, 0.6) is 0 Å². The van der Waals surface area contributed by atoms with Crippen LogP contribution in [0.25, 0.3) is 11.3 Å². The van der Waals surface area contributed by atoms with Crippen molar-refractivity contribution in [2.24, 2.45) is 5.10 Å². The summed E-state index contributed by atoms with van der Waals surface area (Å²) in [5, 5.41) is 8.57. The maximum Gasteiger partial charge on any atom is 0.258 e. The summed E-state index contributed by atoms with van der Waals surface area (Å²) in [4.78, 5) is 17.1. The van der Waals surface area contributed by atoms with Crippen LogP contribution in [0, 0.1) is 5.82 Å². The van der Waals surface area contributed by atoms with E-state index in [1.807, 2.05) is 0 Å². The van der Waals surface area contributed by atoms with Crippen LogP contribution in [0.2, 0.25) is 15.1 Å². The Hall–Kier alpha value is -3.19. The lowest BCUT2D eigenvalue weighted by atomic mass is 10.2. The van der Waals surface area contributed by atoms with Crippen molar-refractivity contribution in [3.63, 3.8) is 0 Å². The lowest BCUT2D eigenvalue weighted by Gasteiger charge is -2.05. The number of imidazole rings is 1. The zero-order chi connectivity index (χ0) is 22.7. The smallest absolute Gasteiger partial charge is 0.258 e. The van der Waals surface area contributed by atoms with Gasteiger partial charge >= 0.3 is 0 Å². The highest BCUT2D eigenvalue weighted by Gasteiger charge is 2.14. The zero-order valence-electron chi connectivity index (χ0n) is 16.3. The first-order valence-electron chi connectivity index (χ1n) is 9.31. The minimum Gasteiger partial charge on any atom is -0.290 e. The van der Waals surface area contributed by atoms with Crippen LogP contribution in [0.1, 0.15) is 15.9 Å². The topological polar surface area (TPSA) is 59.3 Å². The molecular formula is C23H14Cl3FN4O. The third-order valence-electron chi connectivity index (χ3n) is 4.44. The normalized spacial score (nSPS) is 11.1. The van der Waals surface area contributed by atoms with Gasteiger partial charge in [0.2, 0.25) is 5.95 Å². The Morgan fingerprint density at radius 3 is 2.34 bits per heavy atom. The van der Waals surface area contributed by atoms with Crippen LogP contribution in [-0.4, -0.2) is 21.8 Å². The lowest BCUT2D eigenvalue weighted by molar-refractivity contribution is 0.102. The standard InChI is InChI=1S/C23H14Cl3FN4O/c24-17-6-1-15(2-7-17)22(32)30-23-29-21(14-4-9-19(27)10-5-14)13-31(23)28-12-16-3-8-18(25)11-20(16)26/h1-13H,(H,29,30,32)/b28-12+. The number of nitrogens with zero attached hydrogens (tertiary/aromatic N) is 3. The molecule has 0 aliphatic carbocycles. The molecule has 1 amide bonds. The van der Waals surface area contributed by atoms with Gasteiger partial charge < -0.3 is 0 Å². The number of carbonyl (C=O) groups is 1. The molecule has 32 heavy (non-hydrogen) atoms. The fourth-order valence-corrected chi connectivity index (χ4v) is 3.39. The van der Waals surface area contributed by atoms with Gasteiger partial charge in [0.15, 0.2) is 0 Å². The second-order valence-corrected chi connectivity index (χ2v) is 7.95.